The molecule has 0 saturated heterocycles. The molecule has 5 fully saturated rings. The summed E-state index contributed by atoms with van der Waals surface area (Å²) in [6.07, 6.45) is 4.52. The number of anilines is 1. The first-order chi connectivity index (χ1) is 20.9. The van der Waals surface area contributed by atoms with Gasteiger partial charge >= 0.3 is 5.97 Å². The number of aliphatic hydroxyl groups excluding tert-OH is 2. The van der Waals surface area contributed by atoms with Crippen LogP contribution in [0.3, 0.4) is 0 Å². The number of carbonyl (C=O) groups excluding carboxylic acids is 3. The van der Waals surface area contributed by atoms with Crippen molar-refractivity contribution in [3.8, 4) is 0 Å². The van der Waals surface area contributed by atoms with Crippen LogP contribution in [0.15, 0.2) is 24.3 Å². The van der Waals surface area contributed by atoms with E-state index in [1.165, 1.54) is 0 Å². The largest absolute Gasteiger partial charge is 0.458 e. The Bertz CT molecular complexity index is 1390. The van der Waals surface area contributed by atoms with Gasteiger partial charge in [0.05, 0.1) is 23.2 Å². The molecule has 0 heterocycles. The monoisotopic (exact) mass is 621 g/mol. The van der Waals surface area contributed by atoms with E-state index >= 15 is 0 Å². The standard InChI is InChI=1S/C38H55NO6/c1-33(2)26-13-16-37(6)27(35(26,4)15-14-28(33)42)17-25(41)31-23-18-34(3,21-40)30(20-36(23,5)29(43)19-38(31,37)7)45-32(44)22-11-9-10-12-24(22)39-8/h9-12,21,23,26-31,39,42-43H,13-20H2,1-8H3/t23-,26-,27+,28-,29-,30-,31-,34-,35-,36-,37+,38+/m0/s1. The number of para-hydroxylation sites is 1. The van der Waals surface area contributed by atoms with E-state index in [1.807, 2.05) is 19.1 Å². The fraction of sp³-hybridized carbons (Fsp3) is 0.763. The lowest BCUT2D eigenvalue weighted by Gasteiger charge is -2.73. The Kier molecular flexibility index (Phi) is 7.53. The molecule has 0 amide bonds. The zero-order chi connectivity index (χ0) is 33.0. The highest BCUT2D eigenvalue weighted by atomic mass is 16.5. The molecule has 5 saturated carbocycles. The number of esters is 1. The summed E-state index contributed by atoms with van der Waals surface area (Å²) in [5.74, 6) is -0.222. The Labute approximate surface area is 269 Å². The minimum Gasteiger partial charge on any atom is -0.458 e. The number of carbonyl (C=O) groups is 3. The second kappa shape index (κ2) is 10.4. The third-order valence-corrected chi connectivity index (χ3v) is 15.4. The summed E-state index contributed by atoms with van der Waals surface area (Å²) in [4.78, 5) is 41.1. The summed E-state index contributed by atoms with van der Waals surface area (Å²) in [7, 11) is 1.75. The predicted octanol–water partition coefficient (Wildman–Crippen LogP) is 6.45. The smallest absolute Gasteiger partial charge is 0.340 e. The van der Waals surface area contributed by atoms with Crippen molar-refractivity contribution in [1.29, 1.82) is 0 Å². The lowest BCUT2D eigenvalue weighted by molar-refractivity contribution is -0.265. The van der Waals surface area contributed by atoms with Gasteiger partial charge in [-0.05, 0) is 103 Å². The molecule has 6 rings (SSSR count). The molecule has 1 aromatic rings. The number of nitrogens with one attached hydrogen (secondary N) is 1. The molecule has 7 heteroatoms. The van der Waals surface area contributed by atoms with E-state index in [0.717, 1.165) is 32.0 Å². The molecule has 0 unspecified atom stereocenters. The highest BCUT2D eigenvalue weighted by Gasteiger charge is 2.74. The molecule has 5 aliphatic rings. The summed E-state index contributed by atoms with van der Waals surface area (Å²) >= 11 is 0. The van der Waals surface area contributed by atoms with Crippen LogP contribution in [0.4, 0.5) is 5.69 Å². The second-order valence-electron chi connectivity index (χ2n) is 17.6. The number of fused-ring (bicyclic) bond motifs is 7. The van der Waals surface area contributed by atoms with Crippen LogP contribution in [0.25, 0.3) is 0 Å². The van der Waals surface area contributed by atoms with Gasteiger partial charge in [-0.2, -0.15) is 0 Å². The van der Waals surface area contributed by atoms with Crippen LogP contribution in [0.5, 0.6) is 0 Å². The molecule has 0 radical (unpaired) electrons. The van der Waals surface area contributed by atoms with E-state index in [-0.39, 0.29) is 45.9 Å². The molecule has 45 heavy (non-hydrogen) atoms. The first kappa shape index (κ1) is 32.7. The maximum Gasteiger partial charge on any atom is 0.340 e. The van der Waals surface area contributed by atoms with E-state index < -0.39 is 34.4 Å². The summed E-state index contributed by atoms with van der Waals surface area (Å²) in [5.41, 5.74) is -1.51. The molecule has 0 spiro atoms. The summed E-state index contributed by atoms with van der Waals surface area (Å²) in [5, 5.41) is 26.2. The van der Waals surface area contributed by atoms with Crippen molar-refractivity contribution < 1.29 is 29.3 Å². The van der Waals surface area contributed by atoms with E-state index in [2.05, 4.69) is 46.9 Å². The van der Waals surface area contributed by atoms with Crippen LogP contribution >= 0.6 is 0 Å². The highest BCUT2D eigenvalue weighted by molar-refractivity contribution is 5.95. The lowest BCUT2D eigenvalue weighted by atomic mass is 9.31. The van der Waals surface area contributed by atoms with Crippen LogP contribution in [0.1, 0.15) is 110 Å². The van der Waals surface area contributed by atoms with Crippen molar-refractivity contribution >= 4 is 23.7 Å². The minimum atomic E-state index is -0.988. The summed E-state index contributed by atoms with van der Waals surface area (Å²) in [6.45, 7) is 15.3. The van der Waals surface area contributed by atoms with Gasteiger partial charge in [-0.15, -0.1) is 0 Å². The third kappa shape index (κ3) is 4.31. The Morgan fingerprint density at radius 1 is 0.889 bits per heavy atom. The van der Waals surface area contributed by atoms with Crippen molar-refractivity contribution in [3.63, 3.8) is 0 Å². The molecule has 0 aliphatic heterocycles. The van der Waals surface area contributed by atoms with Crippen molar-refractivity contribution in [3.05, 3.63) is 29.8 Å². The molecular weight excluding hydrogens is 566 g/mol. The maximum absolute atomic E-state index is 14.7. The minimum absolute atomic E-state index is 0.0715. The highest BCUT2D eigenvalue weighted by Crippen LogP contribution is 2.76. The summed E-state index contributed by atoms with van der Waals surface area (Å²) in [6, 6.07) is 7.15. The molecule has 3 N–H and O–H groups in total. The molecule has 7 nitrogen and oxygen atoms in total. The molecule has 5 aliphatic carbocycles. The average Bonchev–Trinajstić information content (AvgIpc) is 2.98. The van der Waals surface area contributed by atoms with Gasteiger partial charge in [-0.3, -0.25) is 4.79 Å². The lowest BCUT2D eigenvalue weighted by Crippen LogP contribution is -2.71. The number of aldehydes is 1. The number of ether oxygens (including phenoxy) is 1. The normalized spacial score (nSPS) is 48.6. The summed E-state index contributed by atoms with van der Waals surface area (Å²) < 4.78 is 6.16. The van der Waals surface area contributed by atoms with Gasteiger partial charge in [-0.25, -0.2) is 4.79 Å². The molecule has 0 aromatic heterocycles. The third-order valence-electron chi connectivity index (χ3n) is 15.4. The SMILES string of the molecule is CNc1ccccc1C(=O)O[C@H]1C[C@]2(C)[C@@H](O)C[C@]3(C)[C@H](C(=O)C[C@@H]4[C@@]5(C)CC[C@H](O)C(C)(C)[C@@H]5CC[C@]43C)[C@@H]2C[C@@]1(C)C=O. The fourth-order valence-corrected chi connectivity index (χ4v) is 12.3. The van der Waals surface area contributed by atoms with Crippen molar-refractivity contribution in [2.75, 3.05) is 12.4 Å². The van der Waals surface area contributed by atoms with E-state index in [9.17, 15) is 24.6 Å². The van der Waals surface area contributed by atoms with Gasteiger partial charge in [0.1, 0.15) is 18.2 Å². The number of hydrogen-bond acceptors (Lipinski definition) is 7. The number of rotatable bonds is 4. The molecule has 1 aromatic carbocycles. The van der Waals surface area contributed by atoms with Gasteiger partial charge in [0, 0.05) is 30.5 Å². The topological polar surface area (TPSA) is 113 Å². The van der Waals surface area contributed by atoms with Crippen molar-refractivity contribution in [1.82, 2.24) is 0 Å². The molecule has 248 valence electrons. The zero-order valence-corrected chi connectivity index (χ0v) is 28.6. The second-order valence-corrected chi connectivity index (χ2v) is 17.6. The first-order valence-corrected chi connectivity index (χ1v) is 17.3. The van der Waals surface area contributed by atoms with Crippen molar-refractivity contribution in [2.24, 2.45) is 56.2 Å². The zero-order valence-electron chi connectivity index (χ0n) is 28.6. The Morgan fingerprint density at radius 2 is 1.58 bits per heavy atom. The van der Waals surface area contributed by atoms with Crippen molar-refractivity contribution in [2.45, 2.75) is 118 Å². The van der Waals surface area contributed by atoms with E-state index in [0.29, 0.717) is 42.9 Å². The van der Waals surface area contributed by atoms with Gasteiger partial charge < -0.3 is 25.1 Å². The van der Waals surface area contributed by atoms with Crippen LogP contribution in [0, 0.1) is 56.2 Å². The van der Waals surface area contributed by atoms with Gasteiger partial charge in [0.2, 0.25) is 0 Å². The van der Waals surface area contributed by atoms with Crippen LogP contribution < -0.4 is 5.32 Å². The number of aliphatic hydroxyl groups is 2. The Hall–Kier alpha value is -2.25. The molecule has 0 bridgehead atoms. The number of Topliss-reactive ketones (excluding diaryl/α,β-unsaturated/α-hetero) is 1. The molecule has 12 atom stereocenters. The number of hydrogen-bond donors (Lipinski definition) is 3. The van der Waals surface area contributed by atoms with E-state index in [4.69, 9.17) is 4.74 Å². The van der Waals surface area contributed by atoms with Gasteiger partial charge in [0.15, 0.2) is 0 Å². The van der Waals surface area contributed by atoms with Gasteiger partial charge in [-0.1, -0.05) is 53.7 Å². The Morgan fingerprint density at radius 3 is 2.24 bits per heavy atom. The first-order valence-electron chi connectivity index (χ1n) is 17.3. The average molecular weight is 622 g/mol. The van der Waals surface area contributed by atoms with Crippen LogP contribution in [-0.2, 0) is 14.3 Å². The van der Waals surface area contributed by atoms with E-state index in [1.54, 1.807) is 19.2 Å². The van der Waals surface area contributed by atoms with Gasteiger partial charge in [0.25, 0.3) is 0 Å². The maximum atomic E-state index is 14.7. The fourth-order valence-electron chi connectivity index (χ4n) is 12.3. The van der Waals surface area contributed by atoms with Crippen LogP contribution in [0.2, 0.25) is 0 Å². The quantitative estimate of drug-likeness (QED) is 0.261. The number of ketones is 1. The van der Waals surface area contributed by atoms with Crippen LogP contribution in [-0.4, -0.2) is 53.6 Å². The molecular formula is C38H55NO6. The Balaban J connectivity index is 1.35. The number of benzene rings is 1. The predicted molar refractivity (Wildman–Crippen MR) is 173 cm³/mol.